The molecular weight excluding hydrogens is 266 g/mol. The molecule has 0 bridgehead atoms. The van der Waals surface area contributed by atoms with Crippen LogP contribution >= 0.6 is 23.7 Å². The lowest BCUT2D eigenvalue weighted by Gasteiger charge is -2.26. The maximum Gasteiger partial charge on any atom is 0.107 e. The van der Waals surface area contributed by atoms with E-state index in [-0.39, 0.29) is 12.4 Å². The first-order valence-electron chi connectivity index (χ1n) is 6.72. The van der Waals surface area contributed by atoms with Gasteiger partial charge in [0.15, 0.2) is 0 Å². The molecule has 1 N–H and O–H groups in total. The zero-order valence-electron chi connectivity index (χ0n) is 10.9. The van der Waals surface area contributed by atoms with E-state index < -0.39 is 0 Å². The Morgan fingerprint density at radius 3 is 2.94 bits per heavy atom. The van der Waals surface area contributed by atoms with Gasteiger partial charge >= 0.3 is 0 Å². The van der Waals surface area contributed by atoms with Crippen molar-refractivity contribution >= 4 is 23.7 Å². The third-order valence-corrected chi connectivity index (χ3v) is 4.90. The summed E-state index contributed by atoms with van der Waals surface area (Å²) in [5.41, 5.74) is 1.40. The Hall–Kier alpha value is -0.160. The monoisotopic (exact) mass is 287 g/mol. The molecule has 1 unspecified atom stereocenters. The molecule has 0 aromatic carbocycles. The quantitative estimate of drug-likeness (QED) is 0.903. The van der Waals surface area contributed by atoms with Crippen molar-refractivity contribution in [3.05, 3.63) is 15.6 Å². The van der Waals surface area contributed by atoms with Crippen molar-refractivity contribution in [3.8, 4) is 0 Å². The van der Waals surface area contributed by atoms with Gasteiger partial charge in [0.25, 0.3) is 0 Å². The lowest BCUT2D eigenvalue weighted by Crippen LogP contribution is -2.42. The van der Waals surface area contributed by atoms with Crippen molar-refractivity contribution in [3.63, 3.8) is 0 Å². The number of aryl methyl sites for hydroxylation is 1. The van der Waals surface area contributed by atoms with Crippen LogP contribution < -0.4 is 5.32 Å². The van der Waals surface area contributed by atoms with E-state index in [1.165, 1.54) is 43.1 Å². The Kier molecular flexibility index (Phi) is 5.01. The summed E-state index contributed by atoms with van der Waals surface area (Å²) in [7, 11) is 0. The molecule has 0 radical (unpaired) electrons. The third-order valence-electron chi connectivity index (χ3n) is 3.80. The molecule has 1 atom stereocenters. The maximum atomic E-state index is 4.84. The highest BCUT2D eigenvalue weighted by atomic mass is 35.5. The topological polar surface area (TPSA) is 28.2 Å². The lowest BCUT2D eigenvalue weighted by molar-refractivity contribution is 0.233. The fourth-order valence-corrected chi connectivity index (χ4v) is 4.04. The zero-order valence-corrected chi connectivity index (χ0v) is 12.6. The van der Waals surface area contributed by atoms with Gasteiger partial charge in [0.1, 0.15) is 5.01 Å². The fourth-order valence-electron chi connectivity index (χ4n) is 2.72. The molecule has 3 rings (SSSR count). The highest BCUT2D eigenvalue weighted by molar-refractivity contribution is 7.11. The Morgan fingerprint density at radius 2 is 2.17 bits per heavy atom. The molecule has 0 spiro atoms. The highest BCUT2D eigenvalue weighted by Gasteiger charge is 2.20. The Labute approximate surface area is 119 Å². The summed E-state index contributed by atoms with van der Waals surface area (Å²) in [5, 5.41) is 4.74. The minimum absolute atomic E-state index is 0. The molecule has 1 fully saturated rings. The summed E-state index contributed by atoms with van der Waals surface area (Å²) >= 11 is 1.96. The molecule has 1 saturated heterocycles. The van der Waals surface area contributed by atoms with Crippen LogP contribution in [-0.4, -0.2) is 36.1 Å². The van der Waals surface area contributed by atoms with Crippen LogP contribution in [0.3, 0.4) is 0 Å². The van der Waals surface area contributed by atoms with Crippen molar-refractivity contribution in [1.82, 2.24) is 15.2 Å². The van der Waals surface area contributed by atoms with Crippen molar-refractivity contribution < 1.29 is 0 Å². The molecule has 2 heterocycles. The summed E-state index contributed by atoms with van der Waals surface area (Å²) in [5.74, 6) is 0.856. The summed E-state index contributed by atoms with van der Waals surface area (Å²) in [4.78, 5) is 8.92. The Bertz CT molecular complexity index is 388. The van der Waals surface area contributed by atoms with E-state index in [0.29, 0.717) is 0 Å². The van der Waals surface area contributed by atoms with Crippen LogP contribution in [0.15, 0.2) is 0 Å². The third kappa shape index (κ3) is 3.23. The molecule has 3 nitrogen and oxygen atoms in total. The SMILES string of the molecule is CC1CCc2nc(CN3CCNCC3)sc2C1.Cl. The Balaban J connectivity index is 0.00000120. The summed E-state index contributed by atoms with van der Waals surface area (Å²) in [6, 6.07) is 0. The lowest BCUT2D eigenvalue weighted by atomic mass is 9.93. The first-order valence-corrected chi connectivity index (χ1v) is 7.53. The van der Waals surface area contributed by atoms with Gasteiger partial charge in [-0.25, -0.2) is 4.98 Å². The molecule has 0 amide bonds. The van der Waals surface area contributed by atoms with Crippen LogP contribution in [-0.2, 0) is 19.4 Å². The van der Waals surface area contributed by atoms with Gasteiger partial charge in [-0.3, -0.25) is 4.90 Å². The molecule has 102 valence electrons. The maximum absolute atomic E-state index is 4.84. The van der Waals surface area contributed by atoms with Gasteiger partial charge in [-0.05, 0) is 25.2 Å². The number of hydrogen-bond acceptors (Lipinski definition) is 4. The number of rotatable bonds is 2. The number of nitrogens with one attached hydrogen (secondary N) is 1. The molecule has 1 aromatic rings. The highest BCUT2D eigenvalue weighted by Crippen LogP contribution is 2.30. The zero-order chi connectivity index (χ0) is 11.7. The second kappa shape index (κ2) is 6.33. The molecule has 1 aromatic heterocycles. The van der Waals surface area contributed by atoms with Crippen LogP contribution in [0.1, 0.15) is 28.9 Å². The minimum atomic E-state index is 0. The predicted molar refractivity (Wildman–Crippen MR) is 78.7 cm³/mol. The fraction of sp³-hybridized carbons (Fsp3) is 0.769. The van der Waals surface area contributed by atoms with Gasteiger partial charge in [0.05, 0.1) is 12.2 Å². The van der Waals surface area contributed by atoms with Crippen molar-refractivity contribution in [2.45, 2.75) is 32.7 Å². The van der Waals surface area contributed by atoms with Gasteiger partial charge in [0.2, 0.25) is 0 Å². The molecule has 2 aliphatic rings. The van der Waals surface area contributed by atoms with E-state index in [1.807, 2.05) is 11.3 Å². The van der Waals surface area contributed by atoms with Gasteiger partial charge in [-0.2, -0.15) is 0 Å². The molecule has 5 heteroatoms. The normalized spacial score (nSPS) is 24.4. The first kappa shape index (κ1) is 14.3. The average molecular weight is 288 g/mol. The summed E-state index contributed by atoms with van der Waals surface area (Å²) in [6.45, 7) is 8.01. The largest absolute Gasteiger partial charge is 0.314 e. The standard InChI is InChI=1S/C13H21N3S.ClH/c1-10-2-3-11-12(8-10)17-13(15-11)9-16-6-4-14-5-7-16;/h10,14H,2-9H2,1H3;1H. The van der Waals surface area contributed by atoms with Gasteiger partial charge in [0, 0.05) is 31.1 Å². The number of nitrogens with zero attached hydrogens (tertiary/aromatic N) is 2. The van der Waals surface area contributed by atoms with Crippen LogP contribution in [0.4, 0.5) is 0 Å². The van der Waals surface area contributed by atoms with Gasteiger partial charge in [-0.15, -0.1) is 23.7 Å². The molecule has 18 heavy (non-hydrogen) atoms. The van der Waals surface area contributed by atoms with Gasteiger partial charge in [-0.1, -0.05) is 6.92 Å². The van der Waals surface area contributed by atoms with Gasteiger partial charge < -0.3 is 5.32 Å². The Morgan fingerprint density at radius 1 is 1.39 bits per heavy atom. The number of piperazine rings is 1. The van der Waals surface area contributed by atoms with E-state index in [1.54, 1.807) is 4.88 Å². The average Bonchev–Trinajstić information content (AvgIpc) is 2.71. The number of hydrogen-bond donors (Lipinski definition) is 1. The summed E-state index contributed by atoms with van der Waals surface area (Å²) < 4.78 is 0. The molecular formula is C13H22ClN3S. The first-order chi connectivity index (χ1) is 8.31. The molecule has 1 aliphatic heterocycles. The van der Waals surface area contributed by atoms with E-state index in [4.69, 9.17) is 4.98 Å². The van der Waals surface area contributed by atoms with Crippen molar-refractivity contribution in [2.24, 2.45) is 5.92 Å². The van der Waals surface area contributed by atoms with E-state index in [0.717, 1.165) is 25.6 Å². The van der Waals surface area contributed by atoms with Crippen LogP contribution in [0.25, 0.3) is 0 Å². The number of halogens is 1. The molecule has 1 aliphatic carbocycles. The van der Waals surface area contributed by atoms with Crippen LogP contribution in [0, 0.1) is 5.92 Å². The van der Waals surface area contributed by atoms with Crippen molar-refractivity contribution in [2.75, 3.05) is 26.2 Å². The number of thiazole rings is 1. The number of aromatic nitrogens is 1. The summed E-state index contributed by atoms with van der Waals surface area (Å²) in [6.07, 6.45) is 3.78. The van der Waals surface area contributed by atoms with Crippen molar-refractivity contribution in [1.29, 1.82) is 0 Å². The number of fused-ring (bicyclic) bond motifs is 1. The predicted octanol–water partition coefficient (Wildman–Crippen LogP) is 2.09. The van der Waals surface area contributed by atoms with E-state index in [2.05, 4.69) is 17.1 Å². The second-order valence-electron chi connectivity index (χ2n) is 5.35. The molecule has 0 saturated carbocycles. The minimum Gasteiger partial charge on any atom is -0.314 e. The van der Waals surface area contributed by atoms with Crippen LogP contribution in [0.5, 0.6) is 0 Å². The van der Waals surface area contributed by atoms with E-state index in [9.17, 15) is 0 Å². The van der Waals surface area contributed by atoms with E-state index >= 15 is 0 Å². The second-order valence-corrected chi connectivity index (χ2v) is 6.52. The smallest absolute Gasteiger partial charge is 0.107 e. The van der Waals surface area contributed by atoms with Crippen LogP contribution in [0.2, 0.25) is 0 Å².